The van der Waals surface area contributed by atoms with E-state index in [0.29, 0.717) is 18.7 Å². The summed E-state index contributed by atoms with van der Waals surface area (Å²) in [5.41, 5.74) is 0.367. The molecule has 0 amide bonds. The predicted octanol–water partition coefficient (Wildman–Crippen LogP) is 1.87. The summed E-state index contributed by atoms with van der Waals surface area (Å²) in [4.78, 5) is 23.0. The number of rotatable bonds is 10. The van der Waals surface area contributed by atoms with Crippen LogP contribution >= 0.6 is 0 Å². The van der Waals surface area contributed by atoms with E-state index in [1.807, 2.05) is 0 Å². The van der Waals surface area contributed by atoms with Crippen LogP contribution in [0.5, 0.6) is 0 Å². The minimum atomic E-state index is -0.953. The van der Waals surface area contributed by atoms with Crippen molar-refractivity contribution in [1.29, 1.82) is 0 Å². The van der Waals surface area contributed by atoms with E-state index in [9.17, 15) is 14.0 Å². The van der Waals surface area contributed by atoms with E-state index in [0.717, 1.165) is 6.42 Å². The Labute approximate surface area is 123 Å². The molecule has 0 aromatic heterocycles. The third-order valence-corrected chi connectivity index (χ3v) is 3.01. The number of Topliss-reactive ketones (excluding diaryl/α,β-unsaturated/α-hetero) is 1. The summed E-state index contributed by atoms with van der Waals surface area (Å²) in [5.74, 6) is -1.60. The van der Waals surface area contributed by atoms with Gasteiger partial charge in [0.15, 0.2) is 5.78 Å². The molecule has 6 heteroatoms. The van der Waals surface area contributed by atoms with Crippen molar-refractivity contribution in [2.75, 3.05) is 20.3 Å². The van der Waals surface area contributed by atoms with Crippen molar-refractivity contribution in [3.05, 3.63) is 35.6 Å². The normalized spacial score (nSPS) is 12.1. The Kier molecular flexibility index (Phi) is 7.56. The van der Waals surface area contributed by atoms with E-state index in [1.165, 1.54) is 24.3 Å². The van der Waals surface area contributed by atoms with Gasteiger partial charge in [-0.1, -0.05) is 0 Å². The maximum Gasteiger partial charge on any atom is 0.303 e. The minimum absolute atomic E-state index is 0.102. The van der Waals surface area contributed by atoms with Crippen molar-refractivity contribution in [2.24, 2.45) is 0 Å². The molecule has 0 aliphatic carbocycles. The molecule has 1 aromatic rings. The second-order valence-corrected chi connectivity index (χ2v) is 4.66. The highest BCUT2D eigenvalue weighted by atomic mass is 19.1. The van der Waals surface area contributed by atoms with Crippen molar-refractivity contribution < 1.29 is 23.8 Å². The number of ether oxygens (including phenoxy) is 1. The summed E-state index contributed by atoms with van der Waals surface area (Å²) in [5, 5.41) is 11.8. The van der Waals surface area contributed by atoms with Crippen LogP contribution in [0, 0.1) is 5.82 Å². The summed E-state index contributed by atoms with van der Waals surface area (Å²) in [6.07, 6.45) is 0.810. The molecule has 5 nitrogen and oxygen atoms in total. The number of carbonyl (C=O) groups is 2. The zero-order valence-corrected chi connectivity index (χ0v) is 12.0. The highest BCUT2D eigenvalue weighted by Crippen LogP contribution is 2.10. The molecule has 1 aromatic carbocycles. The van der Waals surface area contributed by atoms with Crippen LogP contribution in [0.2, 0.25) is 0 Å². The topological polar surface area (TPSA) is 75.6 Å². The van der Waals surface area contributed by atoms with E-state index in [-0.39, 0.29) is 18.6 Å². The van der Waals surface area contributed by atoms with Crippen LogP contribution in [0.25, 0.3) is 0 Å². The number of halogens is 1. The molecule has 21 heavy (non-hydrogen) atoms. The first-order chi connectivity index (χ1) is 10.0. The smallest absolute Gasteiger partial charge is 0.303 e. The molecular formula is C15H20FNO4. The van der Waals surface area contributed by atoms with E-state index in [2.05, 4.69) is 5.32 Å². The molecule has 1 atom stereocenters. The van der Waals surface area contributed by atoms with Crippen LogP contribution in [0.4, 0.5) is 4.39 Å². The number of hydrogen-bond acceptors (Lipinski definition) is 4. The van der Waals surface area contributed by atoms with Gasteiger partial charge in [0.2, 0.25) is 0 Å². The fourth-order valence-electron chi connectivity index (χ4n) is 1.90. The Hall–Kier alpha value is -1.79. The lowest BCUT2D eigenvalue weighted by molar-refractivity contribution is -0.137. The van der Waals surface area contributed by atoms with Gasteiger partial charge in [0.25, 0.3) is 0 Å². The number of hydrogen-bond donors (Lipinski definition) is 2. The molecule has 0 bridgehead atoms. The molecule has 1 rings (SSSR count). The van der Waals surface area contributed by atoms with E-state index < -0.39 is 17.8 Å². The third kappa shape index (κ3) is 6.46. The standard InChI is InChI=1S/C15H20FNO4/c1-21-10-2-9-17-13(7-8-14(18)19)15(20)11-3-5-12(16)6-4-11/h3-6,13,17H,2,7-10H2,1H3,(H,18,19). The highest BCUT2D eigenvalue weighted by molar-refractivity contribution is 6.00. The van der Waals surface area contributed by atoms with E-state index in [1.54, 1.807) is 7.11 Å². The number of carbonyl (C=O) groups excluding carboxylic acids is 1. The Morgan fingerprint density at radius 2 is 2.00 bits per heavy atom. The molecule has 0 saturated heterocycles. The molecule has 2 N–H and O–H groups in total. The Balaban J connectivity index is 2.66. The second kappa shape index (κ2) is 9.20. The van der Waals surface area contributed by atoms with Crippen LogP contribution in [0.1, 0.15) is 29.6 Å². The van der Waals surface area contributed by atoms with Gasteiger partial charge in [-0.15, -0.1) is 0 Å². The minimum Gasteiger partial charge on any atom is -0.481 e. The summed E-state index contributed by atoms with van der Waals surface area (Å²) in [6.45, 7) is 1.11. The summed E-state index contributed by atoms with van der Waals surface area (Å²) in [7, 11) is 1.59. The molecule has 0 aliphatic heterocycles. The van der Waals surface area contributed by atoms with Gasteiger partial charge in [0, 0.05) is 25.7 Å². The van der Waals surface area contributed by atoms with Crippen LogP contribution in [0.3, 0.4) is 0 Å². The molecule has 0 heterocycles. The first-order valence-corrected chi connectivity index (χ1v) is 6.78. The molecular weight excluding hydrogens is 277 g/mol. The third-order valence-electron chi connectivity index (χ3n) is 3.01. The highest BCUT2D eigenvalue weighted by Gasteiger charge is 2.20. The average Bonchev–Trinajstić information content (AvgIpc) is 2.46. The zero-order chi connectivity index (χ0) is 15.7. The van der Waals surface area contributed by atoms with Crippen molar-refractivity contribution in [2.45, 2.75) is 25.3 Å². The van der Waals surface area contributed by atoms with Crippen molar-refractivity contribution in [3.8, 4) is 0 Å². The van der Waals surface area contributed by atoms with Gasteiger partial charge >= 0.3 is 5.97 Å². The molecule has 116 valence electrons. The summed E-state index contributed by atoms with van der Waals surface area (Å²) < 4.78 is 17.8. The monoisotopic (exact) mass is 297 g/mol. The first-order valence-electron chi connectivity index (χ1n) is 6.78. The Bertz CT molecular complexity index is 461. The van der Waals surface area contributed by atoms with Gasteiger partial charge in [-0.05, 0) is 43.7 Å². The molecule has 0 saturated carbocycles. The first kappa shape index (κ1) is 17.3. The Morgan fingerprint density at radius 1 is 1.33 bits per heavy atom. The van der Waals surface area contributed by atoms with Crippen LogP contribution < -0.4 is 5.32 Å². The lowest BCUT2D eigenvalue weighted by Crippen LogP contribution is -2.38. The fourth-order valence-corrected chi connectivity index (χ4v) is 1.90. The molecule has 0 aliphatic rings. The number of aliphatic carboxylic acids is 1. The average molecular weight is 297 g/mol. The SMILES string of the molecule is COCCCNC(CCC(=O)O)C(=O)c1ccc(F)cc1. The van der Waals surface area contributed by atoms with Crippen molar-refractivity contribution in [3.63, 3.8) is 0 Å². The quantitative estimate of drug-likeness (QED) is 0.509. The van der Waals surface area contributed by atoms with Gasteiger partial charge in [-0.25, -0.2) is 4.39 Å². The number of ketones is 1. The van der Waals surface area contributed by atoms with E-state index in [4.69, 9.17) is 9.84 Å². The van der Waals surface area contributed by atoms with Gasteiger partial charge in [0.05, 0.1) is 6.04 Å². The Morgan fingerprint density at radius 3 is 2.57 bits per heavy atom. The maximum atomic E-state index is 12.9. The maximum absolute atomic E-state index is 12.9. The van der Waals surface area contributed by atoms with Crippen molar-refractivity contribution in [1.82, 2.24) is 5.32 Å². The molecule has 0 radical (unpaired) electrons. The fraction of sp³-hybridized carbons (Fsp3) is 0.467. The van der Waals surface area contributed by atoms with Crippen LogP contribution in [-0.2, 0) is 9.53 Å². The van der Waals surface area contributed by atoms with Crippen LogP contribution in [0.15, 0.2) is 24.3 Å². The summed E-state index contributed by atoms with van der Waals surface area (Å²) >= 11 is 0. The second-order valence-electron chi connectivity index (χ2n) is 4.66. The molecule has 0 fully saturated rings. The molecule has 1 unspecified atom stereocenters. The summed E-state index contributed by atoms with van der Waals surface area (Å²) in [6, 6.07) is 4.65. The molecule has 0 spiro atoms. The number of carboxylic acids is 1. The number of benzene rings is 1. The van der Waals surface area contributed by atoms with Crippen molar-refractivity contribution >= 4 is 11.8 Å². The zero-order valence-electron chi connectivity index (χ0n) is 12.0. The van der Waals surface area contributed by atoms with Gasteiger partial charge in [-0.3, -0.25) is 9.59 Å². The van der Waals surface area contributed by atoms with Gasteiger partial charge in [-0.2, -0.15) is 0 Å². The van der Waals surface area contributed by atoms with Crippen LogP contribution in [-0.4, -0.2) is 43.2 Å². The van der Waals surface area contributed by atoms with Gasteiger partial charge < -0.3 is 15.2 Å². The lowest BCUT2D eigenvalue weighted by Gasteiger charge is -2.17. The number of carboxylic acid groups (broad SMARTS) is 1. The van der Waals surface area contributed by atoms with E-state index >= 15 is 0 Å². The number of nitrogens with one attached hydrogen (secondary N) is 1. The van der Waals surface area contributed by atoms with Gasteiger partial charge in [0.1, 0.15) is 5.82 Å². The lowest BCUT2D eigenvalue weighted by atomic mass is 10.00. The number of methoxy groups -OCH3 is 1. The largest absolute Gasteiger partial charge is 0.481 e. The predicted molar refractivity (Wildman–Crippen MR) is 75.9 cm³/mol.